The number of allylic oxidation sites excluding steroid dienone is 1. The molecule has 0 bridgehead atoms. The van der Waals surface area contributed by atoms with E-state index >= 15 is 0 Å². The first-order valence-corrected chi connectivity index (χ1v) is 10.9. The van der Waals surface area contributed by atoms with E-state index in [1.54, 1.807) is 18.2 Å². The van der Waals surface area contributed by atoms with Crippen LogP contribution in [0, 0.1) is 6.92 Å². The molecule has 2 heterocycles. The summed E-state index contributed by atoms with van der Waals surface area (Å²) in [6.45, 7) is 3.73. The van der Waals surface area contributed by atoms with Crippen LogP contribution in [0.1, 0.15) is 45.5 Å². The van der Waals surface area contributed by atoms with Crippen molar-refractivity contribution in [1.82, 2.24) is 4.90 Å². The Morgan fingerprint density at radius 1 is 0.903 bits per heavy atom. The molecule has 0 amide bonds. The van der Waals surface area contributed by atoms with Crippen molar-refractivity contribution in [2.24, 2.45) is 4.99 Å². The fourth-order valence-electron chi connectivity index (χ4n) is 5.05. The molecular weight excluding hydrogens is 388 g/mol. The number of likely N-dealkylation sites (tertiary alicyclic amines) is 1. The van der Waals surface area contributed by atoms with Crippen molar-refractivity contribution in [3.05, 3.63) is 82.1 Å². The molecule has 0 N–H and O–H groups in total. The Morgan fingerprint density at radius 2 is 1.61 bits per heavy atom. The molecule has 0 aromatic heterocycles. The summed E-state index contributed by atoms with van der Waals surface area (Å²) in [5, 5.41) is 0. The van der Waals surface area contributed by atoms with Gasteiger partial charge in [-0.3, -0.25) is 9.59 Å². The molecule has 0 radical (unpaired) electrons. The fourth-order valence-corrected chi connectivity index (χ4v) is 5.05. The summed E-state index contributed by atoms with van der Waals surface area (Å²) in [5.74, 6) is 0.470. The van der Waals surface area contributed by atoms with Gasteiger partial charge in [0.25, 0.3) is 0 Å². The number of carbonyl (C=O) groups is 2. The maximum atomic E-state index is 13.7. The molecule has 2 aliphatic carbocycles. The van der Waals surface area contributed by atoms with Gasteiger partial charge in [0.15, 0.2) is 17.7 Å². The number of hydrogen-bond acceptors (Lipinski definition) is 5. The third kappa shape index (κ3) is 2.66. The van der Waals surface area contributed by atoms with Gasteiger partial charge in [0.05, 0.1) is 16.9 Å². The van der Waals surface area contributed by atoms with Crippen LogP contribution in [0.15, 0.2) is 70.4 Å². The lowest BCUT2D eigenvalue weighted by Gasteiger charge is -2.39. The monoisotopic (exact) mass is 410 g/mol. The van der Waals surface area contributed by atoms with Crippen molar-refractivity contribution in [2.75, 3.05) is 13.1 Å². The lowest BCUT2D eigenvalue weighted by Crippen LogP contribution is -2.43. The van der Waals surface area contributed by atoms with Crippen LogP contribution in [-0.4, -0.2) is 41.4 Å². The van der Waals surface area contributed by atoms with Gasteiger partial charge in [-0.1, -0.05) is 36.4 Å². The number of carbonyl (C=O) groups excluding carboxylic acids is 2. The normalized spacial score (nSPS) is 22.0. The number of nitrogens with zero attached hydrogens (tertiary/aromatic N) is 2. The summed E-state index contributed by atoms with van der Waals surface area (Å²) < 4.78 is 6.33. The van der Waals surface area contributed by atoms with Crippen molar-refractivity contribution in [3.8, 4) is 5.75 Å². The van der Waals surface area contributed by atoms with E-state index in [1.807, 2.05) is 37.3 Å². The average molecular weight is 410 g/mol. The Labute approximate surface area is 180 Å². The summed E-state index contributed by atoms with van der Waals surface area (Å²) in [5.41, 5.74) is 4.89. The van der Waals surface area contributed by atoms with Gasteiger partial charge in [-0.2, -0.15) is 0 Å². The van der Waals surface area contributed by atoms with E-state index in [0.29, 0.717) is 33.7 Å². The van der Waals surface area contributed by atoms with Crippen molar-refractivity contribution >= 4 is 23.0 Å². The molecule has 4 aliphatic rings. The molecule has 31 heavy (non-hydrogen) atoms. The summed E-state index contributed by atoms with van der Waals surface area (Å²) >= 11 is 0. The topological polar surface area (TPSA) is 59.0 Å². The highest BCUT2D eigenvalue weighted by molar-refractivity contribution is 6.40. The predicted octanol–water partition coefficient (Wildman–Crippen LogP) is 4.59. The van der Waals surface area contributed by atoms with Crippen LogP contribution in [0.25, 0.3) is 0 Å². The third-order valence-corrected chi connectivity index (χ3v) is 6.60. The summed E-state index contributed by atoms with van der Waals surface area (Å²) in [6, 6.07) is 12.9. The van der Waals surface area contributed by atoms with E-state index in [9.17, 15) is 9.59 Å². The van der Waals surface area contributed by atoms with Gasteiger partial charge in [-0.25, -0.2) is 4.99 Å². The molecule has 5 heteroatoms. The van der Waals surface area contributed by atoms with Gasteiger partial charge < -0.3 is 9.64 Å². The van der Waals surface area contributed by atoms with Crippen LogP contribution in [0.4, 0.5) is 5.69 Å². The van der Waals surface area contributed by atoms with Crippen LogP contribution >= 0.6 is 0 Å². The van der Waals surface area contributed by atoms with E-state index in [-0.39, 0.29) is 11.6 Å². The Bertz CT molecular complexity index is 1250. The van der Waals surface area contributed by atoms with Crippen LogP contribution < -0.4 is 4.74 Å². The van der Waals surface area contributed by atoms with Gasteiger partial charge >= 0.3 is 0 Å². The highest BCUT2D eigenvalue weighted by Gasteiger charge is 2.44. The molecule has 1 atom stereocenters. The second-order valence-electron chi connectivity index (χ2n) is 8.51. The van der Waals surface area contributed by atoms with Gasteiger partial charge in [-0.05, 0) is 43.9 Å². The lowest BCUT2D eigenvalue weighted by molar-refractivity contribution is 0.0974. The number of rotatable bonds is 1. The zero-order chi connectivity index (χ0) is 21.1. The van der Waals surface area contributed by atoms with Crippen molar-refractivity contribution < 1.29 is 14.3 Å². The fraction of sp³-hybridized carbons (Fsp3) is 0.269. The summed E-state index contributed by atoms with van der Waals surface area (Å²) in [7, 11) is 0. The number of para-hydroxylation sites is 1. The van der Waals surface area contributed by atoms with E-state index in [2.05, 4.69) is 4.90 Å². The van der Waals surface area contributed by atoms with E-state index in [1.165, 1.54) is 6.42 Å². The third-order valence-electron chi connectivity index (χ3n) is 6.60. The van der Waals surface area contributed by atoms with Crippen molar-refractivity contribution in [2.45, 2.75) is 32.3 Å². The number of piperidine rings is 1. The number of hydrogen-bond donors (Lipinski definition) is 0. The van der Waals surface area contributed by atoms with Gasteiger partial charge in [-0.15, -0.1) is 0 Å². The van der Waals surface area contributed by atoms with Crippen LogP contribution in [0.5, 0.6) is 5.75 Å². The van der Waals surface area contributed by atoms with Gasteiger partial charge in [0.1, 0.15) is 11.4 Å². The largest absolute Gasteiger partial charge is 0.478 e. The molecule has 154 valence electrons. The number of aliphatic imine (C=N–C) groups is 1. The van der Waals surface area contributed by atoms with Crippen LogP contribution in [0.3, 0.4) is 0 Å². The minimum absolute atomic E-state index is 0.0984. The van der Waals surface area contributed by atoms with Crippen molar-refractivity contribution in [3.63, 3.8) is 0 Å². The molecule has 1 saturated heterocycles. The Hall–Kier alpha value is -3.47. The predicted molar refractivity (Wildman–Crippen MR) is 118 cm³/mol. The minimum Gasteiger partial charge on any atom is -0.478 e. The molecular formula is C26H22N2O3. The number of Topliss-reactive ketones (excluding diaryl/α,β-unsaturated/α-hetero) is 2. The lowest BCUT2D eigenvalue weighted by atomic mass is 9.76. The SMILES string of the molecule is Cc1cccc2c1N=C1C3=C(C(=O)c4ccccc4C3=O)C(N3CCCCC3)=CC1O2. The quantitative estimate of drug-likeness (QED) is 0.690. The zero-order valence-corrected chi connectivity index (χ0v) is 17.4. The van der Waals surface area contributed by atoms with E-state index < -0.39 is 6.10 Å². The molecule has 2 aromatic carbocycles. The van der Waals surface area contributed by atoms with E-state index in [0.717, 1.165) is 42.9 Å². The molecule has 5 nitrogen and oxygen atoms in total. The first kappa shape index (κ1) is 18.3. The summed E-state index contributed by atoms with van der Waals surface area (Å²) in [6.07, 6.45) is 4.85. The highest BCUT2D eigenvalue weighted by Crippen LogP contribution is 2.43. The second-order valence-corrected chi connectivity index (χ2v) is 8.51. The molecule has 0 saturated carbocycles. The number of aryl methyl sites for hydroxylation is 1. The standard InChI is InChI=1S/C26H22N2O3/c1-15-8-7-11-19-23(15)27-24-20(31-19)14-18(28-12-5-2-6-13-28)21-22(24)26(30)17-10-4-3-9-16(17)25(21)29/h3-4,7-11,14,20H,2,5-6,12-13H2,1H3. The first-order valence-electron chi connectivity index (χ1n) is 10.9. The van der Waals surface area contributed by atoms with Crippen molar-refractivity contribution in [1.29, 1.82) is 0 Å². The Morgan fingerprint density at radius 3 is 2.35 bits per heavy atom. The maximum Gasteiger partial charge on any atom is 0.196 e. The molecule has 2 aromatic rings. The number of ether oxygens (including phenoxy) is 1. The second kappa shape index (κ2) is 6.77. The highest BCUT2D eigenvalue weighted by atomic mass is 16.5. The minimum atomic E-state index is -0.480. The molecule has 6 rings (SSSR count). The molecule has 2 aliphatic heterocycles. The van der Waals surface area contributed by atoms with Gasteiger partial charge in [0.2, 0.25) is 0 Å². The molecule has 1 unspecified atom stereocenters. The van der Waals surface area contributed by atoms with Gasteiger partial charge in [0, 0.05) is 29.9 Å². The maximum absolute atomic E-state index is 13.7. The molecule has 1 fully saturated rings. The zero-order valence-electron chi connectivity index (χ0n) is 17.4. The Kier molecular flexibility index (Phi) is 4.00. The number of ketones is 2. The van der Waals surface area contributed by atoms with Crippen LogP contribution in [0.2, 0.25) is 0 Å². The number of fused-ring (bicyclic) bond motifs is 4. The van der Waals surface area contributed by atoms with E-state index in [4.69, 9.17) is 9.73 Å². The Balaban J connectivity index is 1.60. The smallest absolute Gasteiger partial charge is 0.196 e. The summed E-state index contributed by atoms with van der Waals surface area (Å²) in [4.78, 5) is 34.5. The van der Waals surface area contributed by atoms with Crippen LogP contribution in [-0.2, 0) is 0 Å². The molecule has 0 spiro atoms. The first-order chi connectivity index (χ1) is 15.1. The average Bonchev–Trinajstić information content (AvgIpc) is 2.81. The number of benzene rings is 2.